The van der Waals surface area contributed by atoms with Gasteiger partial charge in [-0.2, -0.15) is 0 Å². The summed E-state index contributed by atoms with van der Waals surface area (Å²) in [6, 6.07) is 6.88. The minimum atomic E-state index is -0.199. The highest BCUT2D eigenvalue weighted by atomic mass is 16.5. The van der Waals surface area contributed by atoms with Gasteiger partial charge >= 0.3 is 0 Å². The predicted octanol–water partition coefficient (Wildman–Crippen LogP) is 2.63. The normalized spacial score (nSPS) is 16.7. The molecule has 0 saturated carbocycles. The lowest BCUT2D eigenvalue weighted by Gasteiger charge is -2.23. The number of nitrogens with zero attached hydrogens (tertiary/aromatic N) is 1. The summed E-state index contributed by atoms with van der Waals surface area (Å²) in [4.78, 5) is 25.7. The SMILES string of the molecule is COc1ccc(C(=O)N2CCCCCCC2=O)cc1. The topological polar surface area (TPSA) is 46.6 Å². The molecule has 1 aromatic carbocycles. The quantitative estimate of drug-likeness (QED) is 0.769. The highest BCUT2D eigenvalue weighted by Gasteiger charge is 2.23. The number of carbonyl (C=O) groups is 2. The minimum Gasteiger partial charge on any atom is -0.497 e. The molecule has 0 unspecified atom stereocenters. The van der Waals surface area contributed by atoms with E-state index in [-0.39, 0.29) is 11.8 Å². The van der Waals surface area contributed by atoms with Crippen molar-refractivity contribution in [1.29, 1.82) is 0 Å². The van der Waals surface area contributed by atoms with Gasteiger partial charge in [-0.3, -0.25) is 14.5 Å². The first kappa shape index (κ1) is 13.6. The van der Waals surface area contributed by atoms with Crippen molar-refractivity contribution in [1.82, 2.24) is 4.90 Å². The number of imide groups is 1. The van der Waals surface area contributed by atoms with E-state index in [1.807, 2.05) is 0 Å². The van der Waals surface area contributed by atoms with Gasteiger partial charge in [0.05, 0.1) is 7.11 Å². The van der Waals surface area contributed by atoms with Gasteiger partial charge in [0.1, 0.15) is 5.75 Å². The highest BCUT2D eigenvalue weighted by Crippen LogP contribution is 2.17. The molecule has 4 nitrogen and oxygen atoms in total. The van der Waals surface area contributed by atoms with Crippen LogP contribution in [0.1, 0.15) is 42.5 Å². The standard InChI is InChI=1S/C15H19NO3/c1-19-13-9-7-12(8-10-13)15(18)16-11-5-3-2-4-6-14(16)17/h7-10H,2-6,11H2,1H3. The van der Waals surface area contributed by atoms with E-state index in [0.717, 1.165) is 25.7 Å². The van der Waals surface area contributed by atoms with E-state index < -0.39 is 0 Å². The van der Waals surface area contributed by atoms with Crippen LogP contribution < -0.4 is 4.74 Å². The average Bonchev–Trinajstić information content (AvgIpc) is 2.43. The number of rotatable bonds is 2. The highest BCUT2D eigenvalue weighted by molar-refractivity contribution is 6.04. The second-order valence-electron chi connectivity index (χ2n) is 4.74. The predicted molar refractivity (Wildman–Crippen MR) is 72.1 cm³/mol. The molecule has 0 spiro atoms. The summed E-state index contributed by atoms with van der Waals surface area (Å²) >= 11 is 0. The molecule has 0 N–H and O–H groups in total. The minimum absolute atomic E-state index is 0.0551. The van der Waals surface area contributed by atoms with Crippen LogP contribution in [0.25, 0.3) is 0 Å². The first-order valence-electron chi connectivity index (χ1n) is 6.71. The van der Waals surface area contributed by atoms with E-state index in [1.165, 1.54) is 4.90 Å². The van der Waals surface area contributed by atoms with Crippen LogP contribution in [0.4, 0.5) is 0 Å². The lowest BCUT2D eigenvalue weighted by Crippen LogP contribution is -2.38. The molecule has 1 heterocycles. The smallest absolute Gasteiger partial charge is 0.260 e. The zero-order valence-electron chi connectivity index (χ0n) is 11.2. The monoisotopic (exact) mass is 261 g/mol. The Balaban J connectivity index is 2.13. The van der Waals surface area contributed by atoms with E-state index in [0.29, 0.717) is 24.3 Å². The fourth-order valence-electron chi connectivity index (χ4n) is 2.26. The largest absolute Gasteiger partial charge is 0.497 e. The van der Waals surface area contributed by atoms with Crippen LogP contribution in [0.5, 0.6) is 5.75 Å². The number of benzene rings is 1. The number of hydrogen-bond donors (Lipinski definition) is 0. The summed E-state index contributed by atoms with van der Waals surface area (Å²) in [5.41, 5.74) is 0.537. The maximum Gasteiger partial charge on any atom is 0.260 e. The van der Waals surface area contributed by atoms with E-state index in [1.54, 1.807) is 31.4 Å². The Morgan fingerprint density at radius 1 is 1.11 bits per heavy atom. The van der Waals surface area contributed by atoms with Crippen molar-refractivity contribution in [2.75, 3.05) is 13.7 Å². The number of methoxy groups -OCH3 is 1. The Kier molecular flexibility index (Phi) is 4.55. The Morgan fingerprint density at radius 2 is 1.79 bits per heavy atom. The molecular weight excluding hydrogens is 242 g/mol. The third-order valence-electron chi connectivity index (χ3n) is 3.41. The molecule has 2 amide bonds. The zero-order valence-corrected chi connectivity index (χ0v) is 11.2. The molecule has 0 radical (unpaired) electrons. The van der Waals surface area contributed by atoms with Gasteiger partial charge in [0.2, 0.25) is 5.91 Å². The molecule has 102 valence electrons. The number of amides is 2. The third kappa shape index (κ3) is 3.34. The Bertz CT molecular complexity index is 453. The zero-order chi connectivity index (χ0) is 13.7. The Hall–Kier alpha value is -1.84. The fourth-order valence-corrected chi connectivity index (χ4v) is 2.26. The molecule has 1 aromatic rings. The second-order valence-corrected chi connectivity index (χ2v) is 4.74. The molecule has 1 fully saturated rings. The van der Waals surface area contributed by atoms with Gasteiger partial charge in [-0.05, 0) is 37.1 Å². The van der Waals surface area contributed by atoms with Crippen molar-refractivity contribution in [3.8, 4) is 5.75 Å². The molecule has 1 saturated heterocycles. The molecule has 4 heteroatoms. The maximum absolute atomic E-state index is 12.3. The summed E-state index contributed by atoms with van der Waals surface area (Å²) in [7, 11) is 1.58. The van der Waals surface area contributed by atoms with Crippen molar-refractivity contribution in [3.63, 3.8) is 0 Å². The first-order chi connectivity index (χ1) is 9.22. The summed E-state index contributed by atoms with van der Waals surface area (Å²) in [5.74, 6) is 0.450. The molecule has 2 rings (SSSR count). The molecule has 19 heavy (non-hydrogen) atoms. The fraction of sp³-hybridized carbons (Fsp3) is 0.467. The van der Waals surface area contributed by atoms with Crippen LogP contribution in [0.2, 0.25) is 0 Å². The van der Waals surface area contributed by atoms with Gasteiger partial charge in [-0.25, -0.2) is 0 Å². The van der Waals surface area contributed by atoms with Gasteiger partial charge in [-0.15, -0.1) is 0 Å². The van der Waals surface area contributed by atoms with Crippen LogP contribution in [0, 0.1) is 0 Å². The van der Waals surface area contributed by atoms with Crippen LogP contribution in [0.3, 0.4) is 0 Å². The molecule has 0 atom stereocenters. The van der Waals surface area contributed by atoms with E-state index in [2.05, 4.69) is 0 Å². The number of ether oxygens (including phenoxy) is 1. The summed E-state index contributed by atoms with van der Waals surface area (Å²) in [5, 5.41) is 0. The lowest BCUT2D eigenvalue weighted by atomic mass is 10.1. The molecule has 0 aliphatic carbocycles. The van der Waals surface area contributed by atoms with Crippen LogP contribution >= 0.6 is 0 Å². The first-order valence-corrected chi connectivity index (χ1v) is 6.71. The van der Waals surface area contributed by atoms with Gasteiger partial charge in [0.25, 0.3) is 5.91 Å². The van der Waals surface area contributed by atoms with Gasteiger partial charge in [0, 0.05) is 18.5 Å². The van der Waals surface area contributed by atoms with Gasteiger partial charge < -0.3 is 4.74 Å². The molecule has 0 bridgehead atoms. The summed E-state index contributed by atoms with van der Waals surface area (Å²) < 4.78 is 5.06. The van der Waals surface area contributed by atoms with Crippen molar-refractivity contribution < 1.29 is 14.3 Å². The molecule has 0 aromatic heterocycles. The van der Waals surface area contributed by atoms with E-state index in [4.69, 9.17) is 4.74 Å². The van der Waals surface area contributed by atoms with Crippen molar-refractivity contribution in [3.05, 3.63) is 29.8 Å². The van der Waals surface area contributed by atoms with Crippen LogP contribution in [-0.2, 0) is 4.79 Å². The molecular formula is C15H19NO3. The Morgan fingerprint density at radius 3 is 2.47 bits per heavy atom. The van der Waals surface area contributed by atoms with Crippen molar-refractivity contribution in [2.24, 2.45) is 0 Å². The van der Waals surface area contributed by atoms with Crippen LogP contribution in [-0.4, -0.2) is 30.4 Å². The van der Waals surface area contributed by atoms with Gasteiger partial charge in [0.15, 0.2) is 0 Å². The second kappa shape index (κ2) is 6.36. The molecule has 1 aliphatic rings. The third-order valence-corrected chi connectivity index (χ3v) is 3.41. The lowest BCUT2D eigenvalue weighted by molar-refractivity contribution is -0.129. The number of carbonyl (C=O) groups excluding carboxylic acids is 2. The van der Waals surface area contributed by atoms with Crippen molar-refractivity contribution >= 4 is 11.8 Å². The summed E-state index contributed by atoms with van der Waals surface area (Å²) in [6.45, 7) is 0.531. The van der Waals surface area contributed by atoms with Gasteiger partial charge in [-0.1, -0.05) is 12.8 Å². The van der Waals surface area contributed by atoms with E-state index in [9.17, 15) is 9.59 Å². The van der Waals surface area contributed by atoms with Crippen molar-refractivity contribution in [2.45, 2.75) is 32.1 Å². The van der Waals surface area contributed by atoms with Crippen LogP contribution in [0.15, 0.2) is 24.3 Å². The van der Waals surface area contributed by atoms with E-state index >= 15 is 0 Å². The number of likely N-dealkylation sites (tertiary alicyclic amines) is 1. The Labute approximate surface area is 113 Å². The summed E-state index contributed by atoms with van der Waals surface area (Å²) in [6.07, 6.45) is 4.41. The molecule has 1 aliphatic heterocycles. The number of hydrogen-bond acceptors (Lipinski definition) is 3. The maximum atomic E-state index is 12.3. The average molecular weight is 261 g/mol.